The van der Waals surface area contributed by atoms with Crippen molar-refractivity contribution in [1.82, 2.24) is 5.32 Å². The van der Waals surface area contributed by atoms with Crippen LogP contribution in [0.1, 0.15) is 26.3 Å². The highest BCUT2D eigenvalue weighted by Gasteiger charge is 2.14. The molecule has 0 radical (unpaired) electrons. The lowest BCUT2D eigenvalue weighted by atomic mass is 10.1. The first-order chi connectivity index (χ1) is 8.31. The Bertz CT molecular complexity index is 427. The fourth-order valence-corrected chi connectivity index (χ4v) is 1.62. The maximum atomic E-state index is 11.5. The molecule has 0 heterocycles. The number of hydrogen-bond acceptors (Lipinski definition) is 3. The molecule has 0 aliphatic rings. The summed E-state index contributed by atoms with van der Waals surface area (Å²) in [5, 5.41) is 12.1. The molecule has 0 unspecified atom stereocenters. The van der Waals surface area contributed by atoms with Gasteiger partial charge >= 0.3 is 0 Å². The van der Waals surface area contributed by atoms with Crippen molar-refractivity contribution in [2.45, 2.75) is 32.9 Å². The number of amides is 1. The van der Waals surface area contributed by atoms with E-state index < -0.39 is 0 Å². The normalized spacial score (nSPS) is 11.2. The van der Waals surface area contributed by atoms with Gasteiger partial charge in [0.1, 0.15) is 5.75 Å². The largest absolute Gasteiger partial charge is 0.482 e. The van der Waals surface area contributed by atoms with Crippen LogP contribution < -0.4 is 10.1 Å². The predicted octanol–water partition coefficient (Wildman–Crippen LogP) is 2.13. The Morgan fingerprint density at radius 2 is 2.11 bits per heavy atom. The third-order valence-corrected chi connectivity index (χ3v) is 2.35. The summed E-state index contributed by atoms with van der Waals surface area (Å²) >= 11 is 5.96. The fourth-order valence-electron chi connectivity index (χ4n) is 1.36. The average molecular weight is 272 g/mol. The Morgan fingerprint density at radius 1 is 1.44 bits per heavy atom. The van der Waals surface area contributed by atoms with Crippen LogP contribution in [0.15, 0.2) is 18.2 Å². The van der Waals surface area contributed by atoms with Gasteiger partial charge in [-0.25, -0.2) is 0 Å². The van der Waals surface area contributed by atoms with Crippen molar-refractivity contribution in [2.75, 3.05) is 6.61 Å². The van der Waals surface area contributed by atoms with Gasteiger partial charge in [-0.15, -0.1) is 0 Å². The Balaban J connectivity index is 2.56. The maximum Gasteiger partial charge on any atom is 0.258 e. The zero-order valence-electron chi connectivity index (χ0n) is 10.8. The number of rotatable bonds is 4. The molecule has 1 aromatic carbocycles. The van der Waals surface area contributed by atoms with Gasteiger partial charge in [0.15, 0.2) is 6.61 Å². The molecule has 100 valence electrons. The molecule has 0 atom stereocenters. The molecule has 4 nitrogen and oxygen atoms in total. The molecule has 18 heavy (non-hydrogen) atoms. The summed E-state index contributed by atoms with van der Waals surface area (Å²) in [6, 6.07) is 4.94. The Hall–Kier alpha value is -1.26. The van der Waals surface area contributed by atoms with E-state index in [0.717, 1.165) is 0 Å². The van der Waals surface area contributed by atoms with Crippen molar-refractivity contribution >= 4 is 17.5 Å². The average Bonchev–Trinajstić information content (AvgIpc) is 2.25. The Kier molecular flexibility index (Phi) is 4.99. The predicted molar refractivity (Wildman–Crippen MR) is 70.8 cm³/mol. The zero-order chi connectivity index (χ0) is 13.8. The Labute approximate surface area is 112 Å². The van der Waals surface area contributed by atoms with Crippen molar-refractivity contribution in [3.05, 3.63) is 28.8 Å². The smallest absolute Gasteiger partial charge is 0.258 e. The van der Waals surface area contributed by atoms with E-state index in [-0.39, 0.29) is 24.7 Å². The zero-order valence-corrected chi connectivity index (χ0v) is 11.5. The SMILES string of the molecule is CC(C)(C)NC(=O)COc1ccc(CO)cc1Cl. The highest BCUT2D eigenvalue weighted by molar-refractivity contribution is 6.32. The van der Waals surface area contributed by atoms with Crippen LogP contribution in [-0.4, -0.2) is 23.2 Å². The molecule has 1 rings (SSSR count). The quantitative estimate of drug-likeness (QED) is 0.882. The third kappa shape index (κ3) is 4.94. The van der Waals surface area contributed by atoms with Gasteiger partial charge in [-0.2, -0.15) is 0 Å². The van der Waals surface area contributed by atoms with Crippen LogP contribution in [0.2, 0.25) is 5.02 Å². The number of carbonyl (C=O) groups excluding carboxylic acids is 1. The minimum atomic E-state index is -0.287. The van der Waals surface area contributed by atoms with Crippen LogP contribution in [0.25, 0.3) is 0 Å². The summed E-state index contributed by atoms with van der Waals surface area (Å²) in [6.45, 7) is 5.52. The van der Waals surface area contributed by atoms with Crippen LogP contribution in [0.4, 0.5) is 0 Å². The van der Waals surface area contributed by atoms with E-state index in [4.69, 9.17) is 21.4 Å². The molecule has 0 aliphatic carbocycles. The molecule has 1 aromatic rings. The van der Waals surface area contributed by atoms with Gasteiger partial charge in [0.25, 0.3) is 5.91 Å². The summed E-state index contributed by atoms with van der Waals surface area (Å²) in [5.41, 5.74) is 0.414. The summed E-state index contributed by atoms with van der Waals surface area (Å²) in [6.07, 6.45) is 0. The third-order valence-electron chi connectivity index (χ3n) is 2.05. The van der Waals surface area contributed by atoms with E-state index in [1.54, 1.807) is 18.2 Å². The summed E-state index contributed by atoms with van der Waals surface area (Å²) in [7, 11) is 0. The number of ether oxygens (including phenoxy) is 1. The van der Waals surface area contributed by atoms with Gasteiger partial charge < -0.3 is 15.2 Å². The molecule has 0 aromatic heterocycles. The van der Waals surface area contributed by atoms with E-state index in [9.17, 15) is 4.79 Å². The number of carbonyl (C=O) groups is 1. The van der Waals surface area contributed by atoms with E-state index in [2.05, 4.69) is 5.32 Å². The molecular formula is C13H18ClNO3. The maximum absolute atomic E-state index is 11.5. The van der Waals surface area contributed by atoms with E-state index in [1.807, 2.05) is 20.8 Å². The molecule has 0 saturated heterocycles. The van der Waals surface area contributed by atoms with Gasteiger partial charge in [-0.05, 0) is 38.5 Å². The highest BCUT2D eigenvalue weighted by atomic mass is 35.5. The summed E-state index contributed by atoms with van der Waals surface area (Å²) in [5.74, 6) is 0.225. The number of halogens is 1. The van der Waals surface area contributed by atoms with Crippen molar-refractivity contribution < 1.29 is 14.6 Å². The topological polar surface area (TPSA) is 58.6 Å². The second-order valence-corrected chi connectivity index (χ2v) is 5.42. The monoisotopic (exact) mass is 271 g/mol. The van der Waals surface area contributed by atoms with Crippen LogP contribution >= 0.6 is 11.6 Å². The Morgan fingerprint density at radius 3 is 2.61 bits per heavy atom. The lowest BCUT2D eigenvalue weighted by molar-refractivity contribution is -0.124. The van der Waals surface area contributed by atoms with E-state index >= 15 is 0 Å². The van der Waals surface area contributed by atoms with Crippen LogP contribution in [0, 0.1) is 0 Å². The van der Waals surface area contributed by atoms with Crippen molar-refractivity contribution in [3.8, 4) is 5.75 Å². The first-order valence-electron chi connectivity index (χ1n) is 5.65. The molecule has 5 heteroatoms. The molecule has 1 amide bonds. The summed E-state index contributed by atoms with van der Waals surface area (Å²) < 4.78 is 5.32. The van der Waals surface area contributed by atoms with E-state index in [1.165, 1.54) is 0 Å². The summed E-state index contributed by atoms with van der Waals surface area (Å²) in [4.78, 5) is 11.5. The molecule has 0 saturated carbocycles. The minimum Gasteiger partial charge on any atom is -0.482 e. The van der Waals surface area contributed by atoms with Gasteiger partial charge in [0.05, 0.1) is 11.6 Å². The number of benzene rings is 1. The molecule has 0 bridgehead atoms. The van der Waals surface area contributed by atoms with Gasteiger partial charge in [-0.3, -0.25) is 4.79 Å². The van der Waals surface area contributed by atoms with Crippen molar-refractivity contribution in [3.63, 3.8) is 0 Å². The highest BCUT2D eigenvalue weighted by Crippen LogP contribution is 2.25. The number of aliphatic hydroxyl groups excluding tert-OH is 1. The van der Waals surface area contributed by atoms with Crippen LogP contribution in [-0.2, 0) is 11.4 Å². The molecular weight excluding hydrogens is 254 g/mol. The standard InChI is InChI=1S/C13H18ClNO3/c1-13(2,3)15-12(17)8-18-11-5-4-9(7-16)6-10(11)14/h4-6,16H,7-8H2,1-3H3,(H,15,17). The lowest BCUT2D eigenvalue weighted by Crippen LogP contribution is -2.43. The minimum absolute atomic E-state index is 0.0789. The van der Waals surface area contributed by atoms with E-state index in [0.29, 0.717) is 16.3 Å². The molecule has 0 fully saturated rings. The molecule has 0 spiro atoms. The second kappa shape index (κ2) is 6.07. The van der Waals surface area contributed by atoms with Crippen LogP contribution in [0.5, 0.6) is 5.75 Å². The fraction of sp³-hybridized carbons (Fsp3) is 0.462. The first kappa shape index (κ1) is 14.8. The number of aliphatic hydroxyl groups is 1. The second-order valence-electron chi connectivity index (χ2n) is 5.01. The number of hydrogen-bond donors (Lipinski definition) is 2. The van der Waals surface area contributed by atoms with Gasteiger partial charge in [0, 0.05) is 5.54 Å². The van der Waals surface area contributed by atoms with Gasteiger partial charge in [-0.1, -0.05) is 17.7 Å². The first-order valence-corrected chi connectivity index (χ1v) is 6.03. The van der Waals surface area contributed by atoms with Crippen molar-refractivity contribution in [1.29, 1.82) is 0 Å². The van der Waals surface area contributed by atoms with Crippen LogP contribution in [0.3, 0.4) is 0 Å². The molecule has 2 N–H and O–H groups in total. The number of nitrogens with one attached hydrogen (secondary N) is 1. The lowest BCUT2D eigenvalue weighted by Gasteiger charge is -2.20. The molecule has 0 aliphatic heterocycles. The van der Waals surface area contributed by atoms with Crippen molar-refractivity contribution in [2.24, 2.45) is 0 Å². The van der Waals surface area contributed by atoms with Gasteiger partial charge in [0.2, 0.25) is 0 Å².